The van der Waals surface area contributed by atoms with Gasteiger partial charge in [-0.1, -0.05) is 57.2 Å². The lowest BCUT2D eigenvalue weighted by Gasteiger charge is -2.11. The topological polar surface area (TPSA) is 38.7 Å². The average molecular weight is 270 g/mol. The van der Waals surface area contributed by atoms with Gasteiger partial charge >= 0.3 is 8.60 Å². The van der Waals surface area contributed by atoms with E-state index in [1.165, 1.54) is 25.7 Å². The Kier molecular flexibility index (Phi) is 8.83. The molecule has 102 valence electrons. The predicted octanol–water partition coefficient (Wildman–Crippen LogP) is 4.66. The fourth-order valence-electron chi connectivity index (χ4n) is 1.62. The van der Waals surface area contributed by atoms with E-state index in [1.54, 1.807) is 12.1 Å². The van der Waals surface area contributed by atoms with Crippen molar-refractivity contribution in [1.82, 2.24) is 0 Å². The van der Waals surface area contributed by atoms with Crippen LogP contribution in [0.5, 0.6) is 5.75 Å². The maximum absolute atomic E-state index is 9.56. The SMILES string of the molecule is CCCCCCCCOP(O)Oc1ccccc1. The number of hydrogen-bond donors (Lipinski definition) is 1. The molecular weight excluding hydrogens is 247 g/mol. The third kappa shape index (κ3) is 7.65. The molecule has 1 rings (SSSR count). The van der Waals surface area contributed by atoms with Crippen molar-refractivity contribution in [3.05, 3.63) is 30.3 Å². The number of unbranched alkanes of at least 4 members (excludes halogenated alkanes) is 5. The number of hydrogen-bond acceptors (Lipinski definition) is 3. The van der Waals surface area contributed by atoms with Gasteiger partial charge in [0, 0.05) is 0 Å². The molecule has 18 heavy (non-hydrogen) atoms. The summed E-state index contributed by atoms with van der Waals surface area (Å²) in [5.41, 5.74) is 0. The van der Waals surface area contributed by atoms with E-state index < -0.39 is 8.60 Å². The molecule has 1 aromatic rings. The quantitative estimate of drug-likeness (QED) is 0.496. The Balaban J connectivity index is 1.99. The molecule has 0 aliphatic heterocycles. The summed E-state index contributed by atoms with van der Waals surface area (Å²) in [5.74, 6) is 0.647. The Bertz CT molecular complexity index is 292. The van der Waals surface area contributed by atoms with Crippen LogP contribution in [-0.2, 0) is 4.52 Å². The van der Waals surface area contributed by atoms with Gasteiger partial charge in [-0.3, -0.25) is 0 Å². The van der Waals surface area contributed by atoms with E-state index >= 15 is 0 Å². The van der Waals surface area contributed by atoms with Gasteiger partial charge in [0.25, 0.3) is 0 Å². The zero-order valence-electron chi connectivity index (χ0n) is 11.0. The first-order chi connectivity index (χ1) is 8.83. The second-order valence-electron chi connectivity index (χ2n) is 4.24. The molecule has 1 N–H and O–H groups in total. The van der Waals surface area contributed by atoms with Crippen molar-refractivity contribution >= 4 is 8.60 Å². The van der Waals surface area contributed by atoms with Crippen molar-refractivity contribution in [1.29, 1.82) is 0 Å². The Labute approximate surface area is 111 Å². The Morgan fingerprint density at radius 3 is 2.39 bits per heavy atom. The molecule has 0 heterocycles. The molecule has 4 heteroatoms. The summed E-state index contributed by atoms with van der Waals surface area (Å²) in [6.07, 6.45) is 7.27. The second-order valence-corrected chi connectivity index (χ2v) is 5.16. The molecule has 0 aromatic heterocycles. The van der Waals surface area contributed by atoms with Crippen LogP contribution in [0.3, 0.4) is 0 Å². The van der Waals surface area contributed by atoms with Crippen molar-refractivity contribution in [3.63, 3.8) is 0 Å². The van der Waals surface area contributed by atoms with Crippen LogP contribution in [0.4, 0.5) is 0 Å². The van der Waals surface area contributed by atoms with Crippen molar-refractivity contribution in [2.75, 3.05) is 6.61 Å². The van der Waals surface area contributed by atoms with Crippen LogP contribution in [0.1, 0.15) is 45.4 Å². The molecule has 1 unspecified atom stereocenters. The normalized spacial score (nSPS) is 12.3. The summed E-state index contributed by atoms with van der Waals surface area (Å²) in [6.45, 7) is 2.78. The molecule has 0 saturated carbocycles. The maximum Gasteiger partial charge on any atom is 0.394 e. The van der Waals surface area contributed by atoms with Crippen LogP contribution in [-0.4, -0.2) is 11.5 Å². The van der Waals surface area contributed by atoms with Gasteiger partial charge in [0.1, 0.15) is 5.75 Å². The van der Waals surface area contributed by atoms with Gasteiger partial charge in [0.15, 0.2) is 0 Å². The summed E-state index contributed by atoms with van der Waals surface area (Å²) in [6, 6.07) is 9.25. The van der Waals surface area contributed by atoms with Gasteiger partial charge in [0.2, 0.25) is 0 Å². The zero-order valence-corrected chi connectivity index (χ0v) is 11.9. The standard InChI is InChI=1S/C14H23O3P/c1-2-3-4-5-6-10-13-16-18(15)17-14-11-8-7-9-12-14/h7-9,11-12,15H,2-6,10,13H2,1H3. The summed E-state index contributed by atoms with van der Waals surface area (Å²) >= 11 is 0. The zero-order chi connectivity index (χ0) is 13.1. The average Bonchev–Trinajstić information content (AvgIpc) is 2.39. The van der Waals surface area contributed by atoms with Crippen molar-refractivity contribution in [3.8, 4) is 5.75 Å². The van der Waals surface area contributed by atoms with Gasteiger partial charge in [-0.15, -0.1) is 0 Å². The van der Waals surface area contributed by atoms with E-state index in [0.717, 1.165) is 12.8 Å². The first-order valence-corrected chi connectivity index (χ1v) is 7.81. The minimum atomic E-state index is -1.78. The van der Waals surface area contributed by atoms with Gasteiger partial charge in [-0.05, 0) is 18.6 Å². The van der Waals surface area contributed by atoms with Crippen LogP contribution in [0, 0.1) is 0 Å². The van der Waals surface area contributed by atoms with Crippen molar-refractivity contribution in [2.45, 2.75) is 45.4 Å². The molecule has 0 fully saturated rings. The summed E-state index contributed by atoms with van der Waals surface area (Å²) in [4.78, 5) is 9.56. The van der Waals surface area contributed by atoms with E-state index in [4.69, 9.17) is 9.05 Å². The Hall–Kier alpha value is -0.630. The first kappa shape index (κ1) is 15.4. The van der Waals surface area contributed by atoms with Crippen LogP contribution in [0.2, 0.25) is 0 Å². The number of benzene rings is 1. The Morgan fingerprint density at radius 2 is 1.67 bits per heavy atom. The first-order valence-electron chi connectivity index (χ1n) is 6.68. The minimum Gasteiger partial charge on any atom is -0.427 e. The van der Waals surface area contributed by atoms with Gasteiger partial charge in [-0.2, -0.15) is 0 Å². The van der Waals surface area contributed by atoms with Crippen molar-refractivity contribution < 1.29 is 13.9 Å². The summed E-state index contributed by atoms with van der Waals surface area (Å²) in [5, 5.41) is 0. The van der Waals surface area contributed by atoms with Crippen LogP contribution in [0.15, 0.2) is 30.3 Å². The molecule has 0 aliphatic carbocycles. The lowest BCUT2D eigenvalue weighted by Crippen LogP contribution is -1.94. The highest BCUT2D eigenvalue weighted by molar-refractivity contribution is 7.41. The second kappa shape index (κ2) is 10.3. The third-order valence-electron chi connectivity index (χ3n) is 2.63. The lowest BCUT2D eigenvalue weighted by molar-refractivity contribution is 0.253. The predicted molar refractivity (Wildman–Crippen MR) is 75.5 cm³/mol. The van der Waals surface area contributed by atoms with E-state index in [2.05, 4.69) is 6.92 Å². The number of rotatable bonds is 10. The Morgan fingerprint density at radius 1 is 1.00 bits per heavy atom. The van der Waals surface area contributed by atoms with Crippen LogP contribution >= 0.6 is 8.60 Å². The fraction of sp³-hybridized carbons (Fsp3) is 0.571. The maximum atomic E-state index is 9.56. The molecule has 3 nitrogen and oxygen atoms in total. The summed E-state index contributed by atoms with van der Waals surface area (Å²) < 4.78 is 10.5. The van der Waals surface area contributed by atoms with E-state index in [9.17, 15) is 4.89 Å². The molecule has 1 atom stereocenters. The van der Waals surface area contributed by atoms with Gasteiger partial charge in [0.05, 0.1) is 6.61 Å². The lowest BCUT2D eigenvalue weighted by atomic mass is 10.1. The highest BCUT2D eigenvalue weighted by atomic mass is 31.2. The highest BCUT2D eigenvalue weighted by Crippen LogP contribution is 2.34. The summed E-state index contributed by atoms with van der Waals surface area (Å²) in [7, 11) is -1.78. The molecule has 0 amide bonds. The van der Waals surface area contributed by atoms with Crippen LogP contribution in [0.25, 0.3) is 0 Å². The smallest absolute Gasteiger partial charge is 0.394 e. The van der Waals surface area contributed by atoms with Gasteiger partial charge in [-0.25, -0.2) is 0 Å². The van der Waals surface area contributed by atoms with Crippen molar-refractivity contribution in [2.24, 2.45) is 0 Å². The molecule has 0 aliphatic rings. The molecule has 0 bridgehead atoms. The van der Waals surface area contributed by atoms with E-state index in [0.29, 0.717) is 12.4 Å². The fourth-order valence-corrected chi connectivity index (χ4v) is 2.26. The highest BCUT2D eigenvalue weighted by Gasteiger charge is 2.07. The molecule has 1 aromatic carbocycles. The molecule has 0 spiro atoms. The minimum absolute atomic E-state index is 0.571. The number of para-hydroxylation sites is 1. The molecular formula is C14H23O3P. The monoisotopic (exact) mass is 270 g/mol. The van der Waals surface area contributed by atoms with Gasteiger partial charge < -0.3 is 13.9 Å². The molecule has 0 radical (unpaired) electrons. The largest absolute Gasteiger partial charge is 0.427 e. The molecule has 0 saturated heterocycles. The van der Waals surface area contributed by atoms with Crippen LogP contribution < -0.4 is 4.52 Å². The van der Waals surface area contributed by atoms with E-state index in [-0.39, 0.29) is 0 Å². The third-order valence-corrected chi connectivity index (χ3v) is 3.40. The van der Waals surface area contributed by atoms with E-state index in [1.807, 2.05) is 18.2 Å².